The molecule has 0 spiro atoms. The van der Waals surface area contributed by atoms with Crippen LogP contribution in [0.4, 0.5) is 0 Å². The highest BCUT2D eigenvalue weighted by Gasteiger charge is 2.23. The maximum absolute atomic E-state index is 8.73. The van der Waals surface area contributed by atoms with Crippen molar-refractivity contribution < 1.29 is 0 Å². The van der Waals surface area contributed by atoms with Crippen LogP contribution in [0.5, 0.6) is 0 Å². The number of likely N-dealkylation sites (N-methyl/N-ethyl adjacent to an activating group) is 1. The number of likely N-dealkylation sites (tertiary alicyclic amines) is 1. The van der Waals surface area contributed by atoms with E-state index in [-0.39, 0.29) is 0 Å². The van der Waals surface area contributed by atoms with Crippen LogP contribution in [-0.2, 0) is 0 Å². The lowest BCUT2D eigenvalue weighted by Gasteiger charge is -2.37. The second-order valence-corrected chi connectivity index (χ2v) is 4.05. The summed E-state index contributed by atoms with van der Waals surface area (Å²) in [6, 6.07) is 3.38. The summed E-state index contributed by atoms with van der Waals surface area (Å²) in [6.07, 6.45) is 4.29. The first-order valence-corrected chi connectivity index (χ1v) is 5.60. The second kappa shape index (κ2) is 6.00. The van der Waals surface area contributed by atoms with Gasteiger partial charge in [-0.25, -0.2) is 0 Å². The molecule has 1 heterocycles. The van der Waals surface area contributed by atoms with Crippen LogP contribution in [0, 0.1) is 11.3 Å². The highest BCUT2D eigenvalue weighted by Crippen LogP contribution is 2.16. The fourth-order valence-corrected chi connectivity index (χ4v) is 2.21. The van der Waals surface area contributed by atoms with Gasteiger partial charge in [0.25, 0.3) is 0 Å². The number of nitrogens with one attached hydrogen (secondary N) is 1. The zero-order valence-corrected chi connectivity index (χ0v) is 9.29. The number of piperidine rings is 1. The molecule has 1 aliphatic heterocycles. The molecular weight excluding hydrogens is 174 g/mol. The Labute approximate surface area is 87.1 Å². The Morgan fingerprint density at radius 1 is 1.64 bits per heavy atom. The van der Waals surface area contributed by atoms with Crippen LogP contribution in [0.2, 0.25) is 0 Å². The smallest absolute Gasteiger partial charge is 0.0638 e. The molecule has 1 N–H and O–H groups in total. The minimum Gasteiger partial charge on any atom is -0.316 e. The first kappa shape index (κ1) is 11.5. The van der Waals surface area contributed by atoms with E-state index in [1.54, 1.807) is 0 Å². The fraction of sp³-hybridized carbons (Fsp3) is 0.909. The monoisotopic (exact) mass is 195 g/mol. The van der Waals surface area contributed by atoms with Gasteiger partial charge in [0.15, 0.2) is 0 Å². The van der Waals surface area contributed by atoms with Crippen molar-refractivity contribution in [1.29, 1.82) is 5.26 Å². The number of hydrogen-bond acceptors (Lipinski definition) is 3. The SMILES string of the molecule is CCC(CC#N)N1CCCC(NC)C1. The number of hydrogen-bond donors (Lipinski definition) is 1. The molecule has 0 aromatic heterocycles. The van der Waals surface area contributed by atoms with Gasteiger partial charge in [-0.3, -0.25) is 4.90 Å². The molecule has 1 saturated heterocycles. The van der Waals surface area contributed by atoms with Crippen LogP contribution in [0.1, 0.15) is 32.6 Å². The first-order valence-electron chi connectivity index (χ1n) is 5.60. The molecule has 80 valence electrons. The molecule has 0 aromatic rings. The molecule has 0 aromatic carbocycles. The first-order chi connectivity index (χ1) is 6.81. The van der Waals surface area contributed by atoms with E-state index in [1.807, 2.05) is 7.05 Å². The van der Waals surface area contributed by atoms with E-state index in [0.29, 0.717) is 18.5 Å². The van der Waals surface area contributed by atoms with E-state index in [0.717, 1.165) is 13.0 Å². The van der Waals surface area contributed by atoms with E-state index in [2.05, 4.69) is 23.2 Å². The van der Waals surface area contributed by atoms with Gasteiger partial charge in [-0.05, 0) is 32.9 Å². The normalized spacial score (nSPS) is 25.6. The van der Waals surface area contributed by atoms with Gasteiger partial charge in [-0.2, -0.15) is 5.26 Å². The van der Waals surface area contributed by atoms with E-state index in [9.17, 15) is 0 Å². The Morgan fingerprint density at radius 2 is 2.43 bits per heavy atom. The van der Waals surface area contributed by atoms with Crippen LogP contribution in [0.25, 0.3) is 0 Å². The van der Waals surface area contributed by atoms with Crippen molar-refractivity contribution in [3.63, 3.8) is 0 Å². The van der Waals surface area contributed by atoms with Crippen LogP contribution < -0.4 is 5.32 Å². The number of nitrogens with zero attached hydrogens (tertiary/aromatic N) is 2. The van der Waals surface area contributed by atoms with Gasteiger partial charge < -0.3 is 5.32 Å². The van der Waals surface area contributed by atoms with E-state index in [4.69, 9.17) is 5.26 Å². The van der Waals surface area contributed by atoms with Crippen LogP contribution in [0.3, 0.4) is 0 Å². The van der Waals surface area contributed by atoms with Crippen LogP contribution in [-0.4, -0.2) is 37.1 Å². The molecule has 2 unspecified atom stereocenters. The van der Waals surface area contributed by atoms with Crippen molar-refractivity contribution in [3.8, 4) is 6.07 Å². The third-order valence-corrected chi connectivity index (χ3v) is 3.18. The Hall–Kier alpha value is -0.590. The zero-order valence-electron chi connectivity index (χ0n) is 9.29. The minimum atomic E-state index is 0.469. The third kappa shape index (κ3) is 2.97. The molecule has 2 atom stereocenters. The molecule has 0 aliphatic carbocycles. The molecule has 3 heteroatoms. The largest absolute Gasteiger partial charge is 0.316 e. The zero-order chi connectivity index (χ0) is 10.4. The van der Waals surface area contributed by atoms with Crippen molar-refractivity contribution in [2.24, 2.45) is 0 Å². The topological polar surface area (TPSA) is 39.1 Å². The van der Waals surface area contributed by atoms with Crippen LogP contribution >= 0.6 is 0 Å². The maximum atomic E-state index is 8.73. The lowest BCUT2D eigenvalue weighted by molar-refractivity contribution is 0.138. The Balaban J connectivity index is 2.45. The number of rotatable bonds is 4. The van der Waals surface area contributed by atoms with Gasteiger partial charge in [0, 0.05) is 18.6 Å². The molecule has 1 aliphatic rings. The predicted molar refractivity (Wildman–Crippen MR) is 58.0 cm³/mol. The van der Waals surface area contributed by atoms with Crippen molar-refractivity contribution in [2.75, 3.05) is 20.1 Å². The van der Waals surface area contributed by atoms with Gasteiger partial charge in [0.05, 0.1) is 12.5 Å². The molecule has 3 nitrogen and oxygen atoms in total. The molecule has 0 amide bonds. The molecule has 14 heavy (non-hydrogen) atoms. The summed E-state index contributed by atoms with van der Waals surface area (Å²) in [4.78, 5) is 2.47. The summed E-state index contributed by atoms with van der Waals surface area (Å²) in [5.41, 5.74) is 0. The quantitative estimate of drug-likeness (QED) is 0.736. The second-order valence-electron chi connectivity index (χ2n) is 4.05. The maximum Gasteiger partial charge on any atom is 0.0638 e. The molecule has 1 rings (SSSR count). The molecule has 1 fully saturated rings. The third-order valence-electron chi connectivity index (χ3n) is 3.18. The van der Waals surface area contributed by atoms with E-state index >= 15 is 0 Å². The Bertz CT molecular complexity index is 197. The fourth-order valence-electron chi connectivity index (χ4n) is 2.21. The van der Waals surface area contributed by atoms with Gasteiger partial charge in [-0.15, -0.1) is 0 Å². The minimum absolute atomic E-state index is 0.469. The van der Waals surface area contributed by atoms with Crippen LogP contribution in [0.15, 0.2) is 0 Å². The molecule has 0 radical (unpaired) electrons. The van der Waals surface area contributed by atoms with Gasteiger partial charge in [0.1, 0.15) is 0 Å². The van der Waals surface area contributed by atoms with Gasteiger partial charge in [0.2, 0.25) is 0 Å². The average Bonchev–Trinajstić information content (AvgIpc) is 2.26. The molecular formula is C11H21N3. The van der Waals surface area contributed by atoms with Crippen molar-refractivity contribution in [2.45, 2.75) is 44.7 Å². The Kier molecular flexibility index (Phi) is 4.92. The number of nitriles is 1. The van der Waals surface area contributed by atoms with Crippen molar-refractivity contribution in [3.05, 3.63) is 0 Å². The highest BCUT2D eigenvalue weighted by atomic mass is 15.2. The summed E-state index contributed by atoms with van der Waals surface area (Å²) >= 11 is 0. The lowest BCUT2D eigenvalue weighted by atomic mass is 10.0. The Morgan fingerprint density at radius 3 is 3.00 bits per heavy atom. The highest BCUT2D eigenvalue weighted by molar-refractivity contribution is 4.86. The lowest BCUT2D eigenvalue weighted by Crippen LogP contribution is -2.48. The van der Waals surface area contributed by atoms with Crippen molar-refractivity contribution in [1.82, 2.24) is 10.2 Å². The van der Waals surface area contributed by atoms with E-state index < -0.39 is 0 Å². The predicted octanol–water partition coefficient (Wildman–Crippen LogP) is 1.36. The summed E-state index contributed by atoms with van der Waals surface area (Å²) in [6.45, 7) is 4.44. The summed E-state index contributed by atoms with van der Waals surface area (Å²) < 4.78 is 0. The molecule has 0 saturated carbocycles. The summed E-state index contributed by atoms with van der Waals surface area (Å²) in [5, 5.41) is 12.1. The van der Waals surface area contributed by atoms with Crippen molar-refractivity contribution >= 4 is 0 Å². The standard InChI is InChI=1S/C11H21N3/c1-3-11(6-7-12)14-8-4-5-10(9-14)13-2/h10-11,13H,3-6,8-9H2,1-2H3. The van der Waals surface area contributed by atoms with E-state index in [1.165, 1.54) is 19.4 Å². The average molecular weight is 195 g/mol. The summed E-state index contributed by atoms with van der Waals surface area (Å²) in [5.74, 6) is 0. The summed E-state index contributed by atoms with van der Waals surface area (Å²) in [7, 11) is 2.03. The van der Waals surface area contributed by atoms with Gasteiger partial charge >= 0.3 is 0 Å². The molecule has 0 bridgehead atoms. The van der Waals surface area contributed by atoms with Gasteiger partial charge in [-0.1, -0.05) is 6.92 Å².